The molecule has 3 nitrogen and oxygen atoms in total. The van der Waals surface area contributed by atoms with E-state index in [0.29, 0.717) is 18.2 Å². The van der Waals surface area contributed by atoms with Crippen LogP contribution < -0.4 is 15.0 Å². The highest BCUT2D eigenvalue weighted by Crippen LogP contribution is 2.37. The normalized spacial score (nSPS) is 20.6. The van der Waals surface area contributed by atoms with Gasteiger partial charge in [-0.1, -0.05) is 24.3 Å². The van der Waals surface area contributed by atoms with E-state index in [0.717, 1.165) is 43.1 Å². The Bertz CT molecular complexity index is 689. The van der Waals surface area contributed by atoms with E-state index < -0.39 is 0 Å². The first-order valence-corrected chi connectivity index (χ1v) is 7.82. The van der Waals surface area contributed by atoms with Crippen LogP contribution in [0.1, 0.15) is 6.42 Å². The molecule has 4 heteroatoms. The third kappa shape index (κ3) is 2.33. The summed E-state index contributed by atoms with van der Waals surface area (Å²) >= 11 is 0. The lowest BCUT2D eigenvalue weighted by Crippen LogP contribution is -2.51. The summed E-state index contributed by atoms with van der Waals surface area (Å²) in [6.07, 6.45) is 1.01. The number of nitrogens with one attached hydrogen (secondary N) is 1. The van der Waals surface area contributed by atoms with E-state index in [1.54, 1.807) is 12.1 Å². The van der Waals surface area contributed by atoms with Crippen molar-refractivity contribution in [2.24, 2.45) is 0 Å². The van der Waals surface area contributed by atoms with Crippen LogP contribution in [0.2, 0.25) is 0 Å². The van der Waals surface area contributed by atoms with Gasteiger partial charge in [0.25, 0.3) is 0 Å². The highest BCUT2D eigenvalue weighted by Gasteiger charge is 2.27. The van der Waals surface area contributed by atoms with Crippen LogP contribution >= 0.6 is 0 Å². The zero-order chi connectivity index (χ0) is 14.9. The molecular formula is C18H19FN2O. The van der Waals surface area contributed by atoms with Crippen molar-refractivity contribution in [1.82, 2.24) is 5.32 Å². The first-order chi connectivity index (χ1) is 10.8. The maximum atomic E-state index is 14.0. The van der Waals surface area contributed by atoms with Crippen molar-refractivity contribution in [3.63, 3.8) is 0 Å². The molecule has 1 saturated heterocycles. The lowest BCUT2D eigenvalue weighted by atomic mass is 10.0. The third-order valence-corrected chi connectivity index (χ3v) is 4.51. The fourth-order valence-corrected chi connectivity index (χ4v) is 3.37. The van der Waals surface area contributed by atoms with Crippen LogP contribution in [0.15, 0.2) is 42.5 Å². The number of halogens is 1. The van der Waals surface area contributed by atoms with Crippen molar-refractivity contribution >= 4 is 5.69 Å². The van der Waals surface area contributed by atoms with Gasteiger partial charge in [-0.3, -0.25) is 0 Å². The molecule has 22 heavy (non-hydrogen) atoms. The molecule has 2 aliphatic rings. The fraction of sp³-hybridized carbons (Fsp3) is 0.333. The Morgan fingerprint density at radius 3 is 3.00 bits per heavy atom. The minimum Gasteiger partial charge on any atom is -0.491 e. The molecule has 0 bridgehead atoms. The SMILES string of the molecule is Fc1ccccc1-c1ccc2c(c1)OCC[C@H]1CNCCN21. The van der Waals surface area contributed by atoms with Gasteiger partial charge in [-0.2, -0.15) is 0 Å². The van der Waals surface area contributed by atoms with Gasteiger partial charge in [0.15, 0.2) is 0 Å². The van der Waals surface area contributed by atoms with E-state index in [9.17, 15) is 4.39 Å². The van der Waals surface area contributed by atoms with E-state index in [1.165, 1.54) is 6.07 Å². The molecule has 0 unspecified atom stereocenters. The molecule has 4 rings (SSSR count). The van der Waals surface area contributed by atoms with Gasteiger partial charge in [-0.25, -0.2) is 4.39 Å². The van der Waals surface area contributed by atoms with Gasteiger partial charge in [0.1, 0.15) is 11.6 Å². The lowest BCUT2D eigenvalue weighted by molar-refractivity contribution is 0.304. The molecule has 0 radical (unpaired) electrons. The summed E-state index contributed by atoms with van der Waals surface area (Å²) < 4.78 is 19.9. The quantitative estimate of drug-likeness (QED) is 0.876. The zero-order valence-corrected chi connectivity index (χ0v) is 12.4. The number of ether oxygens (including phenoxy) is 1. The van der Waals surface area contributed by atoms with Crippen molar-refractivity contribution < 1.29 is 9.13 Å². The Labute approximate surface area is 129 Å². The van der Waals surface area contributed by atoms with Crippen LogP contribution in [0.4, 0.5) is 10.1 Å². The van der Waals surface area contributed by atoms with E-state index in [-0.39, 0.29) is 5.82 Å². The van der Waals surface area contributed by atoms with Gasteiger partial charge in [0.2, 0.25) is 0 Å². The Morgan fingerprint density at radius 2 is 2.09 bits per heavy atom. The Hall–Kier alpha value is -2.07. The summed E-state index contributed by atoms with van der Waals surface area (Å²) in [6.45, 7) is 3.68. The van der Waals surface area contributed by atoms with E-state index >= 15 is 0 Å². The third-order valence-electron chi connectivity index (χ3n) is 4.51. The van der Waals surface area contributed by atoms with Gasteiger partial charge < -0.3 is 15.0 Å². The Morgan fingerprint density at radius 1 is 1.18 bits per heavy atom. The van der Waals surface area contributed by atoms with Crippen LogP contribution in [0.3, 0.4) is 0 Å². The summed E-state index contributed by atoms with van der Waals surface area (Å²) in [5.41, 5.74) is 2.62. The second-order valence-electron chi connectivity index (χ2n) is 5.85. The average molecular weight is 298 g/mol. The molecule has 0 aliphatic carbocycles. The summed E-state index contributed by atoms with van der Waals surface area (Å²) in [7, 11) is 0. The molecule has 2 aromatic carbocycles. The van der Waals surface area contributed by atoms with Gasteiger partial charge in [0.05, 0.1) is 12.3 Å². The summed E-state index contributed by atoms with van der Waals surface area (Å²) in [6, 6.07) is 13.4. The largest absolute Gasteiger partial charge is 0.491 e. The zero-order valence-electron chi connectivity index (χ0n) is 12.4. The smallest absolute Gasteiger partial charge is 0.143 e. The van der Waals surface area contributed by atoms with E-state index in [4.69, 9.17) is 4.74 Å². The molecule has 0 spiro atoms. The first-order valence-electron chi connectivity index (χ1n) is 7.82. The first kappa shape index (κ1) is 13.6. The topological polar surface area (TPSA) is 24.5 Å². The summed E-state index contributed by atoms with van der Waals surface area (Å²) in [5.74, 6) is 0.668. The fourth-order valence-electron chi connectivity index (χ4n) is 3.37. The number of anilines is 1. The molecule has 2 aliphatic heterocycles. The van der Waals surface area contributed by atoms with Crippen LogP contribution in [0, 0.1) is 5.82 Å². The van der Waals surface area contributed by atoms with Gasteiger partial charge in [0, 0.05) is 37.7 Å². The van der Waals surface area contributed by atoms with Gasteiger partial charge >= 0.3 is 0 Å². The minimum absolute atomic E-state index is 0.198. The second-order valence-corrected chi connectivity index (χ2v) is 5.85. The van der Waals surface area contributed by atoms with Crippen LogP contribution in [0.25, 0.3) is 11.1 Å². The molecule has 1 N–H and O–H groups in total. The molecule has 0 saturated carbocycles. The second kappa shape index (κ2) is 5.61. The molecular weight excluding hydrogens is 279 g/mol. The summed E-state index contributed by atoms with van der Waals surface area (Å²) in [4.78, 5) is 2.42. The molecule has 0 amide bonds. The van der Waals surface area contributed by atoms with Crippen molar-refractivity contribution in [3.8, 4) is 16.9 Å². The molecule has 1 atom stereocenters. The number of rotatable bonds is 1. The highest BCUT2D eigenvalue weighted by atomic mass is 19.1. The summed E-state index contributed by atoms with van der Waals surface area (Å²) in [5, 5.41) is 3.44. The minimum atomic E-state index is -0.198. The average Bonchev–Trinajstić information content (AvgIpc) is 2.74. The Balaban J connectivity index is 1.75. The number of nitrogens with zero attached hydrogens (tertiary/aromatic N) is 1. The molecule has 2 heterocycles. The van der Waals surface area contributed by atoms with Crippen molar-refractivity contribution in [3.05, 3.63) is 48.3 Å². The van der Waals surface area contributed by atoms with Crippen molar-refractivity contribution in [1.29, 1.82) is 0 Å². The maximum absolute atomic E-state index is 14.0. The molecule has 1 fully saturated rings. The highest BCUT2D eigenvalue weighted by molar-refractivity contribution is 5.72. The number of piperazine rings is 1. The van der Waals surface area contributed by atoms with Gasteiger partial charge in [-0.05, 0) is 23.8 Å². The predicted octanol–water partition coefficient (Wildman–Crippen LogP) is 3.05. The predicted molar refractivity (Wildman–Crippen MR) is 86.0 cm³/mol. The molecule has 2 aromatic rings. The monoisotopic (exact) mass is 298 g/mol. The number of hydrogen-bond donors (Lipinski definition) is 1. The number of fused-ring (bicyclic) bond motifs is 3. The lowest BCUT2D eigenvalue weighted by Gasteiger charge is -2.36. The number of benzene rings is 2. The molecule has 0 aromatic heterocycles. The Kier molecular flexibility index (Phi) is 3.47. The van der Waals surface area contributed by atoms with E-state index in [2.05, 4.69) is 16.3 Å². The number of hydrogen-bond acceptors (Lipinski definition) is 3. The van der Waals surface area contributed by atoms with Crippen LogP contribution in [0.5, 0.6) is 5.75 Å². The standard InChI is InChI=1S/C18H19FN2O/c19-16-4-2-1-3-15(16)13-5-6-17-18(11-13)22-10-7-14-12-20-8-9-21(14)17/h1-6,11,14,20H,7-10,12H2/t14-/m0/s1. The van der Waals surface area contributed by atoms with Crippen molar-refractivity contribution in [2.45, 2.75) is 12.5 Å². The van der Waals surface area contributed by atoms with Crippen LogP contribution in [-0.4, -0.2) is 32.3 Å². The van der Waals surface area contributed by atoms with Crippen LogP contribution in [-0.2, 0) is 0 Å². The van der Waals surface area contributed by atoms with Crippen molar-refractivity contribution in [2.75, 3.05) is 31.1 Å². The van der Waals surface area contributed by atoms with Gasteiger partial charge in [-0.15, -0.1) is 0 Å². The van der Waals surface area contributed by atoms with E-state index in [1.807, 2.05) is 18.2 Å². The molecule has 114 valence electrons. The maximum Gasteiger partial charge on any atom is 0.143 e.